The van der Waals surface area contributed by atoms with Crippen LogP contribution in [-0.4, -0.2) is 46.8 Å². The van der Waals surface area contributed by atoms with E-state index in [1.54, 1.807) is 0 Å². The van der Waals surface area contributed by atoms with Gasteiger partial charge in [0.2, 0.25) is 0 Å². The van der Waals surface area contributed by atoms with Crippen LogP contribution in [0.1, 0.15) is 59.9 Å². The van der Waals surface area contributed by atoms with Gasteiger partial charge in [-0.25, -0.2) is 0 Å². The molecule has 37 heavy (non-hydrogen) atoms. The van der Waals surface area contributed by atoms with E-state index >= 15 is 0 Å². The van der Waals surface area contributed by atoms with E-state index in [1.807, 2.05) is 48.0 Å². The van der Waals surface area contributed by atoms with E-state index in [0.717, 1.165) is 49.5 Å². The van der Waals surface area contributed by atoms with Gasteiger partial charge in [0.25, 0.3) is 5.91 Å². The van der Waals surface area contributed by atoms with Crippen LogP contribution in [0.4, 0.5) is 5.82 Å². The third-order valence-electron chi connectivity index (χ3n) is 6.54. The summed E-state index contributed by atoms with van der Waals surface area (Å²) >= 11 is 6.27. The standard InChI is InChI=1S/C29H37ClN4O2.ClH/c1-5-12-33-13-10-22-6-7-24(16-23(22)11-14-33)29(35)31-28-15-21(4)34(32-28)18-25-17-26(30)8-9-27(25)36-19-20(2)3;/h6-9,15-17,20H,5,10-14,18-19H2,1-4H3,(H,31,32,35);1H. The van der Waals surface area contributed by atoms with Gasteiger partial charge in [0.15, 0.2) is 5.82 Å². The fourth-order valence-electron chi connectivity index (χ4n) is 4.60. The van der Waals surface area contributed by atoms with Crippen molar-refractivity contribution in [2.75, 3.05) is 31.6 Å². The quantitative estimate of drug-likeness (QED) is 0.338. The van der Waals surface area contributed by atoms with E-state index in [4.69, 9.17) is 16.3 Å². The number of carbonyl (C=O) groups excluding carboxylic acids is 1. The molecule has 1 aromatic heterocycles. The highest BCUT2D eigenvalue weighted by Gasteiger charge is 2.17. The summed E-state index contributed by atoms with van der Waals surface area (Å²) in [6, 6.07) is 13.6. The highest BCUT2D eigenvalue weighted by molar-refractivity contribution is 6.30. The van der Waals surface area contributed by atoms with Crippen LogP contribution in [0.3, 0.4) is 0 Å². The monoisotopic (exact) mass is 544 g/mol. The minimum absolute atomic E-state index is 0. The lowest BCUT2D eigenvalue weighted by atomic mass is 10.00. The van der Waals surface area contributed by atoms with Crippen LogP contribution in [0.15, 0.2) is 42.5 Å². The Balaban J connectivity index is 0.00000380. The molecule has 1 amide bonds. The Kier molecular flexibility index (Phi) is 10.4. The van der Waals surface area contributed by atoms with Crippen LogP contribution in [0, 0.1) is 12.8 Å². The van der Waals surface area contributed by atoms with Crippen molar-refractivity contribution in [2.24, 2.45) is 5.92 Å². The first kappa shape index (κ1) is 29.0. The average Bonchev–Trinajstić information content (AvgIpc) is 3.05. The number of aromatic nitrogens is 2. The fourth-order valence-corrected chi connectivity index (χ4v) is 4.80. The Bertz CT molecular complexity index is 1210. The molecule has 1 aliphatic rings. The summed E-state index contributed by atoms with van der Waals surface area (Å²) in [5.74, 6) is 1.62. The lowest BCUT2D eigenvalue weighted by Crippen LogP contribution is -2.27. The number of amides is 1. The number of carbonyl (C=O) groups is 1. The second kappa shape index (κ2) is 13.3. The van der Waals surface area contributed by atoms with Crippen molar-refractivity contribution >= 4 is 35.7 Å². The molecule has 0 saturated heterocycles. The zero-order valence-electron chi connectivity index (χ0n) is 22.2. The van der Waals surface area contributed by atoms with Crippen molar-refractivity contribution < 1.29 is 9.53 Å². The molecule has 0 saturated carbocycles. The van der Waals surface area contributed by atoms with Crippen molar-refractivity contribution in [3.05, 3.63) is 75.4 Å². The summed E-state index contributed by atoms with van der Waals surface area (Å²) in [5, 5.41) is 8.29. The summed E-state index contributed by atoms with van der Waals surface area (Å²) < 4.78 is 7.86. The van der Waals surface area contributed by atoms with E-state index in [1.165, 1.54) is 17.5 Å². The molecule has 0 bridgehead atoms. The molecule has 0 radical (unpaired) electrons. The molecule has 0 aliphatic carbocycles. The number of ether oxygens (including phenoxy) is 1. The van der Waals surface area contributed by atoms with Crippen LogP contribution in [-0.2, 0) is 19.4 Å². The molecule has 3 aromatic rings. The highest BCUT2D eigenvalue weighted by Crippen LogP contribution is 2.25. The van der Waals surface area contributed by atoms with Gasteiger partial charge in [-0.2, -0.15) is 5.10 Å². The third kappa shape index (κ3) is 7.73. The molecule has 200 valence electrons. The second-order valence-electron chi connectivity index (χ2n) is 10.1. The Hall–Kier alpha value is -2.54. The van der Waals surface area contributed by atoms with Crippen LogP contribution in [0.2, 0.25) is 5.02 Å². The van der Waals surface area contributed by atoms with Crippen LogP contribution in [0.25, 0.3) is 0 Å². The molecule has 1 aliphatic heterocycles. The second-order valence-corrected chi connectivity index (χ2v) is 10.5. The summed E-state index contributed by atoms with van der Waals surface area (Å²) in [4.78, 5) is 15.6. The van der Waals surface area contributed by atoms with Gasteiger partial charge in [-0.3, -0.25) is 9.48 Å². The number of nitrogens with zero attached hydrogens (tertiary/aromatic N) is 3. The largest absolute Gasteiger partial charge is 0.493 e. The Morgan fingerprint density at radius 2 is 1.86 bits per heavy atom. The molecule has 2 heterocycles. The van der Waals surface area contributed by atoms with Gasteiger partial charge in [-0.15, -0.1) is 12.4 Å². The summed E-state index contributed by atoms with van der Waals surface area (Å²) in [6.45, 7) is 12.8. The predicted octanol–water partition coefficient (Wildman–Crippen LogP) is 6.41. The average molecular weight is 546 g/mol. The molecule has 0 fully saturated rings. The molecule has 2 aromatic carbocycles. The lowest BCUT2D eigenvalue weighted by molar-refractivity contribution is 0.102. The minimum atomic E-state index is -0.138. The highest BCUT2D eigenvalue weighted by atomic mass is 35.5. The molecule has 6 nitrogen and oxygen atoms in total. The molecular weight excluding hydrogens is 507 g/mol. The molecule has 0 spiro atoms. The molecule has 8 heteroatoms. The molecular formula is C29H38Cl2N4O2. The molecule has 4 rings (SSSR count). The normalized spacial score (nSPS) is 13.6. The number of halogens is 2. The Morgan fingerprint density at radius 1 is 1.11 bits per heavy atom. The Labute approximate surface area is 231 Å². The van der Waals surface area contributed by atoms with Crippen molar-refractivity contribution in [3.63, 3.8) is 0 Å². The SMILES string of the molecule is CCCN1CCc2ccc(C(=O)Nc3cc(C)n(Cc4cc(Cl)ccc4OCC(C)C)n3)cc2CC1.Cl. The molecule has 1 N–H and O–H groups in total. The first-order valence-electron chi connectivity index (χ1n) is 12.9. The first-order valence-corrected chi connectivity index (χ1v) is 13.3. The van der Waals surface area contributed by atoms with Crippen molar-refractivity contribution in [1.29, 1.82) is 0 Å². The maximum Gasteiger partial charge on any atom is 0.256 e. The van der Waals surface area contributed by atoms with Crippen LogP contribution >= 0.6 is 24.0 Å². The Morgan fingerprint density at radius 3 is 2.59 bits per heavy atom. The number of hydrogen-bond donors (Lipinski definition) is 1. The van der Waals surface area contributed by atoms with Gasteiger partial charge in [0.05, 0.1) is 13.2 Å². The topological polar surface area (TPSA) is 59.4 Å². The van der Waals surface area contributed by atoms with Crippen molar-refractivity contribution in [1.82, 2.24) is 14.7 Å². The number of hydrogen-bond acceptors (Lipinski definition) is 4. The first-order chi connectivity index (χ1) is 17.3. The van der Waals surface area contributed by atoms with E-state index < -0.39 is 0 Å². The zero-order valence-corrected chi connectivity index (χ0v) is 23.8. The third-order valence-corrected chi connectivity index (χ3v) is 6.78. The molecule has 0 unspecified atom stereocenters. The number of benzene rings is 2. The summed E-state index contributed by atoms with van der Waals surface area (Å²) in [6.07, 6.45) is 3.18. The van der Waals surface area contributed by atoms with E-state index in [9.17, 15) is 4.79 Å². The van der Waals surface area contributed by atoms with Crippen LogP contribution < -0.4 is 10.1 Å². The van der Waals surface area contributed by atoms with Crippen molar-refractivity contribution in [2.45, 2.75) is 53.5 Å². The number of anilines is 1. The minimum Gasteiger partial charge on any atom is -0.493 e. The number of aryl methyl sites for hydroxylation is 1. The van der Waals surface area contributed by atoms with E-state index in [0.29, 0.717) is 35.5 Å². The maximum absolute atomic E-state index is 13.1. The number of fused-ring (bicyclic) bond motifs is 1. The smallest absolute Gasteiger partial charge is 0.256 e. The molecule has 0 atom stereocenters. The van der Waals surface area contributed by atoms with Gasteiger partial charge in [0, 0.05) is 41.0 Å². The predicted molar refractivity (Wildman–Crippen MR) is 154 cm³/mol. The van der Waals surface area contributed by atoms with Gasteiger partial charge in [-0.1, -0.05) is 38.4 Å². The number of rotatable bonds is 9. The fraction of sp³-hybridized carbons (Fsp3) is 0.448. The lowest BCUT2D eigenvalue weighted by Gasteiger charge is -2.18. The summed E-state index contributed by atoms with van der Waals surface area (Å²) in [5.41, 5.74) is 5.19. The summed E-state index contributed by atoms with van der Waals surface area (Å²) in [7, 11) is 0. The van der Waals surface area contributed by atoms with E-state index in [2.05, 4.69) is 42.2 Å². The zero-order chi connectivity index (χ0) is 25.7. The maximum atomic E-state index is 13.1. The number of nitrogens with one attached hydrogen (secondary N) is 1. The van der Waals surface area contributed by atoms with E-state index in [-0.39, 0.29) is 18.3 Å². The van der Waals surface area contributed by atoms with Crippen molar-refractivity contribution in [3.8, 4) is 5.75 Å². The van der Waals surface area contributed by atoms with Gasteiger partial charge < -0.3 is 15.0 Å². The van der Waals surface area contributed by atoms with Gasteiger partial charge in [-0.05, 0) is 80.1 Å². The van der Waals surface area contributed by atoms with Gasteiger partial charge >= 0.3 is 0 Å². The van der Waals surface area contributed by atoms with Gasteiger partial charge in [0.1, 0.15) is 5.75 Å². The van der Waals surface area contributed by atoms with Crippen LogP contribution in [0.5, 0.6) is 5.75 Å².